The van der Waals surface area contributed by atoms with E-state index in [9.17, 15) is 8.42 Å². The lowest BCUT2D eigenvalue weighted by atomic mass is 10.3. The van der Waals surface area contributed by atoms with Crippen molar-refractivity contribution in [3.8, 4) is 0 Å². The van der Waals surface area contributed by atoms with Crippen molar-refractivity contribution >= 4 is 56.2 Å². The van der Waals surface area contributed by atoms with Gasteiger partial charge in [0.05, 0.1) is 32.7 Å². The molecule has 15 heavy (non-hydrogen) atoms. The molecule has 0 unspecified atom stereocenters. The standard InChI is InChI=1S/C7H7Cl3N2O2S/c1-15(13,14)12-4-2-3(8)5(9)7(11)6(4)10/h2,12H,11H2,1H3. The third-order valence-electron chi connectivity index (χ3n) is 1.49. The molecule has 0 amide bonds. The molecule has 8 heteroatoms. The maximum absolute atomic E-state index is 11.0. The quantitative estimate of drug-likeness (QED) is 0.649. The molecule has 0 spiro atoms. The third-order valence-corrected chi connectivity index (χ3v) is 3.29. The summed E-state index contributed by atoms with van der Waals surface area (Å²) in [6.45, 7) is 0. The second-order valence-electron chi connectivity index (χ2n) is 2.82. The van der Waals surface area contributed by atoms with E-state index in [1.54, 1.807) is 0 Å². The van der Waals surface area contributed by atoms with E-state index in [2.05, 4.69) is 4.72 Å². The minimum absolute atomic E-state index is 0.0230. The van der Waals surface area contributed by atoms with Crippen LogP contribution in [-0.2, 0) is 10.0 Å². The average molecular weight is 290 g/mol. The summed E-state index contributed by atoms with van der Waals surface area (Å²) in [6.07, 6.45) is 0.988. The molecule has 1 aromatic rings. The first-order valence-corrected chi connectivity index (χ1v) is 6.65. The Hall–Kier alpha value is -0.360. The summed E-state index contributed by atoms with van der Waals surface area (Å²) in [5, 5.41) is 0.250. The molecule has 0 atom stereocenters. The van der Waals surface area contributed by atoms with Crippen LogP contribution in [0.5, 0.6) is 0 Å². The van der Waals surface area contributed by atoms with Crippen LogP contribution >= 0.6 is 34.8 Å². The van der Waals surface area contributed by atoms with Gasteiger partial charge in [-0.15, -0.1) is 0 Å². The lowest BCUT2D eigenvalue weighted by Crippen LogP contribution is -2.10. The Morgan fingerprint density at radius 1 is 1.27 bits per heavy atom. The molecule has 0 saturated carbocycles. The second kappa shape index (κ2) is 4.25. The van der Waals surface area contributed by atoms with Gasteiger partial charge in [0.15, 0.2) is 0 Å². The summed E-state index contributed by atoms with van der Waals surface area (Å²) < 4.78 is 24.1. The maximum atomic E-state index is 11.0. The first kappa shape index (κ1) is 12.7. The zero-order chi connectivity index (χ0) is 11.8. The molecule has 0 radical (unpaired) electrons. The van der Waals surface area contributed by atoms with E-state index in [-0.39, 0.29) is 26.4 Å². The number of sulfonamides is 1. The van der Waals surface area contributed by atoms with Gasteiger partial charge in [0.25, 0.3) is 0 Å². The van der Waals surface area contributed by atoms with Crippen molar-refractivity contribution in [3.63, 3.8) is 0 Å². The molecule has 3 N–H and O–H groups in total. The maximum Gasteiger partial charge on any atom is 0.229 e. The Balaban J connectivity index is 3.33. The highest BCUT2D eigenvalue weighted by atomic mass is 35.5. The molecule has 4 nitrogen and oxygen atoms in total. The Labute approximate surface area is 102 Å². The van der Waals surface area contributed by atoms with Crippen LogP contribution in [0.2, 0.25) is 15.1 Å². The van der Waals surface area contributed by atoms with E-state index >= 15 is 0 Å². The minimum Gasteiger partial charge on any atom is -0.396 e. The van der Waals surface area contributed by atoms with Crippen molar-refractivity contribution in [2.45, 2.75) is 0 Å². The van der Waals surface area contributed by atoms with E-state index in [1.807, 2.05) is 0 Å². The fourth-order valence-corrected chi connectivity index (χ4v) is 2.12. The van der Waals surface area contributed by atoms with Crippen molar-refractivity contribution in [3.05, 3.63) is 21.1 Å². The van der Waals surface area contributed by atoms with Crippen LogP contribution in [0.1, 0.15) is 0 Å². The van der Waals surface area contributed by atoms with E-state index < -0.39 is 10.0 Å². The van der Waals surface area contributed by atoms with Crippen LogP contribution in [0.15, 0.2) is 6.07 Å². The highest BCUT2D eigenvalue weighted by molar-refractivity contribution is 7.92. The summed E-state index contributed by atoms with van der Waals surface area (Å²) in [6, 6.07) is 1.30. The lowest BCUT2D eigenvalue weighted by Gasteiger charge is -2.10. The highest BCUT2D eigenvalue weighted by Crippen LogP contribution is 2.39. The molecule has 0 saturated heterocycles. The molecule has 0 heterocycles. The van der Waals surface area contributed by atoms with E-state index in [0.29, 0.717) is 0 Å². The molecular weight excluding hydrogens is 283 g/mol. The van der Waals surface area contributed by atoms with Gasteiger partial charge in [0.1, 0.15) is 0 Å². The van der Waals surface area contributed by atoms with Crippen LogP contribution < -0.4 is 10.5 Å². The Kier molecular flexibility index (Phi) is 3.60. The predicted molar refractivity (Wildman–Crippen MR) is 64.4 cm³/mol. The molecule has 84 valence electrons. The van der Waals surface area contributed by atoms with Crippen LogP contribution in [0, 0.1) is 0 Å². The third kappa shape index (κ3) is 3.04. The number of halogens is 3. The number of nitrogen functional groups attached to an aromatic ring is 1. The summed E-state index contributed by atoms with van der Waals surface area (Å²) in [5.74, 6) is 0. The molecule has 0 bridgehead atoms. The normalized spacial score (nSPS) is 11.5. The molecule has 0 aliphatic carbocycles. The van der Waals surface area contributed by atoms with E-state index in [0.717, 1.165) is 6.26 Å². The highest BCUT2D eigenvalue weighted by Gasteiger charge is 2.14. The van der Waals surface area contributed by atoms with Crippen LogP contribution in [0.4, 0.5) is 11.4 Å². The number of hydrogen-bond acceptors (Lipinski definition) is 3. The number of benzene rings is 1. The van der Waals surface area contributed by atoms with Crippen molar-refractivity contribution in [2.24, 2.45) is 0 Å². The number of hydrogen-bond donors (Lipinski definition) is 2. The SMILES string of the molecule is CS(=O)(=O)Nc1cc(Cl)c(Cl)c(N)c1Cl. The molecule has 0 aliphatic heterocycles. The first-order chi connectivity index (χ1) is 6.72. The Morgan fingerprint density at radius 2 is 1.80 bits per heavy atom. The van der Waals surface area contributed by atoms with Crippen molar-refractivity contribution in [1.82, 2.24) is 0 Å². The fourth-order valence-electron chi connectivity index (χ4n) is 0.898. The monoisotopic (exact) mass is 288 g/mol. The van der Waals surface area contributed by atoms with Crippen molar-refractivity contribution in [2.75, 3.05) is 16.7 Å². The average Bonchev–Trinajstić information content (AvgIpc) is 2.08. The molecule has 0 aliphatic rings. The predicted octanol–water partition coefficient (Wildman–Crippen LogP) is 2.60. The van der Waals surface area contributed by atoms with Crippen molar-refractivity contribution < 1.29 is 8.42 Å². The zero-order valence-corrected chi connectivity index (χ0v) is 10.6. The first-order valence-electron chi connectivity index (χ1n) is 3.63. The van der Waals surface area contributed by atoms with E-state index in [1.165, 1.54) is 6.07 Å². The number of anilines is 2. The summed E-state index contributed by atoms with van der Waals surface area (Å²) in [4.78, 5) is 0. The molecule has 0 fully saturated rings. The Morgan fingerprint density at radius 3 is 2.27 bits per heavy atom. The number of rotatable bonds is 2. The smallest absolute Gasteiger partial charge is 0.229 e. The Bertz CT molecular complexity index is 501. The number of nitrogens with one attached hydrogen (secondary N) is 1. The van der Waals surface area contributed by atoms with Gasteiger partial charge in [0.2, 0.25) is 10.0 Å². The van der Waals surface area contributed by atoms with Gasteiger partial charge in [0, 0.05) is 0 Å². The van der Waals surface area contributed by atoms with Crippen molar-refractivity contribution in [1.29, 1.82) is 0 Å². The van der Waals surface area contributed by atoms with Crippen LogP contribution in [0.3, 0.4) is 0 Å². The molecular formula is C7H7Cl3N2O2S. The topological polar surface area (TPSA) is 72.2 Å². The molecule has 1 aromatic carbocycles. The zero-order valence-electron chi connectivity index (χ0n) is 7.51. The van der Waals surface area contributed by atoms with Gasteiger partial charge in [-0.2, -0.15) is 0 Å². The summed E-state index contributed by atoms with van der Waals surface area (Å²) >= 11 is 17.2. The van der Waals surface area contributed by atoms with Crippen LogP contribution in [0.25, 0.3) is 0 Å². The van der Waals surface area contributed by atoms with E-state index in [4.69, 9.17) is 40.5 Å². The van der Waals surface area contributed by atoms with Gasteiger partial charge < -0.3 is 5.73 Å². The van der Waals surface area contributed by atoms with Gasteiger partial charge in [-0.1, -0.05) is 34.8 Å². The molecule has 0 aromatic heterocycles. The van der Waals surface area contributed by atoms with Gasteiger partial charge >= 0.3 is 0 Å². The summed E-state index contributed by atoms with van der Waals surface area (Å²) in [7, 11) is -3.44. The fraction of sp³-hybridized carbons (Fsp3) is 0.143. The van der Waals surface area contributed by atoms with Gasteiger partial charge in [-0.3, -0.25) is 4.72 Å². The number of nitrogens with two attached hydrogens (primary N) is 1. The largest absolute Gasteiger partial charge is 0.396 e. The van der Waals surface area contributed by atoms with Gasteiger partial charge in [-0.25, -0.2) is 8.42 Å². The minimum atomic E-state index is -3.44. The summed E-state index contributed by atoms with van der Waals surface area (Å²) in [5.41, 5.74) is 5.66. The van der Waals surface area contributed by atoms with Crippen LogP contribution in [-0.4, -0.2) is 14.7 Å². The molecule has 1 rings (SSSR count). The second-order valence-corrected chi connectivity index (χ2v) is 5.73. The van der Waals surface area contributed by atoms with Gasteiger partial charge in [-0.05, 0) is 6.07 Å². The lowest BCUT2D eigenvalue weighted by molar-refractivity contribution is 0.607.